The van der Waals surface area contributed by atoms with Crippen molar-refractivity contribution in [2.45, 2.75) is 58.0 Å². The van der Waals surface area contributed by atoms with Crippen LogP contribution in [-0.4, -0.2) is 43.0 Å². The second-order valence-electron chi connectivity index (χ2n) is 6.34. The highest BCUT2D eigenvalue weighted by molar-refractivity contribution is 7.80. The number of nitrogens with zero attached hydrogens (tertiary/aromatic N) is 1. The average molecular weight is 271 g/mol. The van der Waals surface area contributed by atoms with Crippen molar-refractivity contribution in [3.05, 3.63) is 0 Å². The van der Waals surface area contributed by atoms with Crippen LogP contribution in [0.2, 0.25) is 0 Å². The Hall–Kier alpha value is 0.270. The summed E-state index contributed by atoms with van der Waals surface area (Å²) in [5.41, 5.74) is 0.476. The molecule has 0 aromatic rings. The van der Waals surface area contributed by atoms with Gasteiger partial charge in [-0.1, -0.05) is 25.7 Å². The first-order valence-electron chi connectivity index (χ1n) is 7.69. The van der Waals surface area contributed by atoms with Gasteiger partial charge in [0, 0.05) is 26.2 Å². The molecule has 1 atom stereocenters. The molecule has 0 aromatic carbocycles. The Labute approximate surface area is 118 Å². The minimum atomic E-state index is 0.398. The van der Waals surface area contributed by atoms with Gasteiger partial charge < -0.3 is 9.64 Å². The van der Waals surface area contributed by atoms with Crippen LogP contribution in [0.3, 0.4) is 0 Å². The zero-order valence-corrected chi connectivity index (χ0v) is 12.8. The van der Waals surface area contributed by atoms with E-state index in [0.29, 0.717) is 11.5 Å². The van der Waals surface area contributed by atoms with Gasteiger partial charge in [0.1, 0.15) is 0 Å². The molecule has 1 saturated heterocycles. The molecule has 0 radical (unpaired) electrons. The number of rotatable bonds is 3. The maximum Gasteiger partial charge on any atom is 0.0673 e. The Morgan fingerprint density at radius 3 is 2.56 bits per heavy atom. The summed E-state index contributed by atoms with van der Waals surface area (Å²) in [6.07, 6.45) is 10.00. The van der Waals surface area contributed by atoms with Crippen LogP contribution in [0.5, 0.6) is 0 Å². The largest absolute Gasteiger partial charge is 0.377 e. The van der Waals surface area contributed by atoms with Crippen LogP contribution < -0.4 is 0 Å². The molecule has 0 aromatic heterocycles. The Morgan fingerprint density at radius 1 is 1.17 bits per heavy atom. The van der Waals surface area contributed by atoms with Crippen LogP contribution in [0.4, 0.5) is 0 Å². The molecule has 1 aliphatic heterocycles. The molecule has 1 saturated carbocycles. The van der Waals surface area contributed by atoms with Crippen molar-refractivity contribution in [1.82, 2.24) is 4.90 Å². The van der Waals surface area contributed by atoms with E-state index in [9.17, 15) is 0 Å². The zero-order chi connectivity index (χ0) is 12.8. The van der Waals surface area contributed by atoms with Crippen LogP contribution in [0, 0.1) is 5.41 Å². The van der Waals surface area contributed by atoms with Gasteiger partial charge in [0.05, 0.1) is 6.10 Å². The fourth-order valence-corrected chi connectivity index (χ4v) is 3.96. The number of hydrogen-bond acceptors (Lipinski definition) is 3. The van der Waals surface area contributed by atoms with Crippen LogP contribution in [0.15, 0.2) is 0 Å². The maximum absolute atomic E-state index is 5.75. The molecule has 1 unspecified atom stereocenters. The van der Waals surface area contributed by atoms with Gasteiger partial charge in [0.15, 0.2) is 0 Å². The molecule has 0 amide bonds. The summed E-state index contributed by atoms with van der Waals surface area (Å²) < 4.78 is 5.75. The summed E-state index contributed by atoms with van der Waals surface area (Å²) >= 11 is 4.69. The van der Waals surface area contributed by atoms with E-state index in [4.69, 9.17) is 4.74 Å². The molecule has 1 aliphatic carbocycles. The zero-order valence-electron chi connectivity index (χ0n) is 11.9. The summed E-state index contributed by atoms with van der Waals surface area (Å²) in [5, 5.41) is 0. The van der Waals surface area contributed by atoms with E-state index >= 15 is 0 Å². The van der Waals surface area contributed by atoms with E-state index in [2.05, 4.69) is 24.5 Å². The quantitative estimate of drug-likeness (QED) is 0.624. The summed E-state index contributed by atoms with van der Waals surface area (Å²) in [6.45, 7) is 6.70. The van der Waals surface area contributed by atoms with Crippen molar-refractivity contribution in [2.24, 2.45) is 5.41 Å². The third kappa shape index (κ3) is 4.14. The molecular formula is C15H29NOS. The molecule has 0 bridgehead atoms. The molecule has 0 N–H and O–H groups in total. The molecule has 0 spiro atoms. The Kier molecular flexibility index (Phi) is 5.84. The van der Waals surface area contributed by atoms with Crippen molar-refractivity contribution in [1.29, 1.82) is 0 Å². The smallest absolute Gasteiger partial charge is 0.0673 e. The predicted molar refractivity (Wildman–Crippen MR) is 80.5 cm³/mol. The number of hydrogen-bond donors (Lipinski definition) is 1. The van der Waals surface area contributed by atoms with Gasteiger partial charge in [0.25, 0.3) is 0 Å². The first-order chi connectivity index (χ1) is 8.74. The van der Waals surface area contributed by atoms with E-state index in [1.54, 1.807) is 0 Å². The molecule has 3 heteroatoms. The minimum Gasteiger partial charge on any atom is -0.377 e. The van der Waals surface area contributed by atoms with Gasteiger partial charge in [0.2, 0.25) is 0 Å². The highest BCUT2D eigenvalue weighted by Crippen LogP contribution is 2.37. The topological polar surface area (TPSA) is 12.5 Å². The van der Waals surface area contributed by atoms with Gasteiger partial charge in [-0.05, 0) is 37.4 Å². The van der Waals surface area contributed by atoms with Gasteiger partial charge in [-0.3, -0.25) is 0 Å². The fourth-order valence-electron chi connectivity index (χ4n) is 3.54. The normalized spacial score (nSPS) is 30.7. The standard InChI is InChI=1S/C15H29NOS/c1-14-11-16(9-6-10-17-14)12-15(13-18)7-4-2-3-5-8-15/h14,18H,2-13H2,1H3. The molecule has 2 aliphatic rings. The van der Waals surface area contributed by atoms with Gasteiger partial charge in [-0.25, -0.2) is 0 Å². The van der Waals surface area contributed by atoms with E-state index in [-0.39, 0.29) is 0 Å². The SMILES string of the molecule is CC1CN(CC2(CS)CCCCCC2)CCCO1. The fraction of sp³-hybridized carbons (Fsp3) is 1.00. The van der Waals surface area contributed by atoms with Crippen molar-refractivity contribution < 1.29 is 4.74 Å². The lowest BCUT2D eigenvalue weighted by molar-refractivity contribution is 0.0592. The first-order valence-corrected chi connectivity index (χ1v) is 8.32. The summed E-state index contributed by atoms with van der Waals surface area (Å²) in [4.78, 5) is 2.64. The van der Waals surface area contributed by atoms with Crippen molar-refractivity contribution in [3.8, 4) is 0 Å². The highest BCUT2D eigenvalue weighted by atomic mass is 32.1. The monoisotopic (exact) mass is 271 g/mol. The predicted octanol–water partition coefficient (Wildman–Crippen LogP) is 3.37. The van der Waals surface area contributed by atoms with E-state index in [0.717, 1.165) is 18.9 Å². The summed E-state index contributed by atoms with van der Waals surface area (Å²) in [6, 6.07) is 0. The van der Waals surface area contributed by atoms with Gasteiger partial charge in [-0.2, -0.15) is 12.6 Å². The maximum atomic E-state index is 5.75. The lowest BCUT2D eigenvalue weighted by Gasteiger charge is -2.37. The van der Waals surface area contributed by atoms with E-state index in [1.807, 2.05) is 0 Å². The Morgan fingerprint density at radius 2 is 1.89 bits per heavy atom. The van der Waals surface area contributed by atoms with Crippen molar-refractivity contribution in [3.63, 3.8) is 0 Å². The first kappa shape index (κ1) is 14.7. The lowest BCUT2D eigenvalue weighted by atomic mass is 9.81. The van der Waals surface area contributed by atoms with Crippen molar-refractivity contribution in [2.75, 3.05) is 32.0 Å². The van der Waals surface area contributed by atoms with Crippen LogP contribution in [-0.2, 0) is 4.74 Å². The van der Waals surface area contributed by atoms with Crippen LogP contribution in [0.25, 0.3) is 0 Å². The third-order valence-electron chi connectivity index (χ3n) is 4.59. The Bertz CT molecular complexity index is 239. The molecule has 2 fully saturated rings. The molecule has 106 valence electrons. The second kappa shape index (κ2) is 7.16. The van der Waals surface area contributed by atoms with Gasteiger partial charge in [-0.15, -0.1) is 0 Å². The number of ether oxygens (including phenoxy) is 1. The molecule has 18 heavy (non-hydrogen) atoms. The molecule has 2 nitrogen and oxygen atoms in total. The average Bonchev–Trinajstić information content (AvgIpc) is 2.71. The third-order valence-corrected chi connectivity index (χ3v) is 5.27. The molecule has 2 rings (SSSR count). The number of thiol groups is 1. The van der Waals surface area contributed by atoms with Crippen molar-refractivity contribution >= 4 is 12.6 Å². The highest BCUT2D eigenvalue weighted by Gasteiger charge is 2.32. The summed E-state index contributed by atoms with van der Waals surface area (Å²) in [5.74, 6) is 1.05. The molecule has 1 heterocycles. The Balaban J connectivity index is 1.94. The van der Waals surface area contributed by atoms with Gasteiger partial charge >= 0.3 is 0 Å². The second-order valence-corrected chi connectivity index (χ2v) is 6.66. The minimum absolute atomic E-state index is 0.398. The lowest BCUT2D eigenvalue weighted by Crippen LogP contribution is -2.41. The van der Waals surface area contributed by atoms with E-state index in [1.165, 1.54) is 58.0 Å². The van der Waals surface area contributed by atoms with E-state index < -0.39 is 0 Å². The van der Waals surface area contributed by atoms with Crippen LogP contribution in [0.1, 0.15) is 51.9 Å². The van der Waals surface area contributed by atoms with Crippen LogP contribution >= 0.6 is 12.6 Å². The molecular weight excluding hydrogens is 242 g/mol. The summed E-state index contributed by atoms with van der Waals surface area (Å²) in [7, 11) is 0.